The summed E-state index contributed by atoms with van der Waals surface area (Å²) in [7, 11) is 0. The zero-order valence-corrected chi connectivity index (χ0v) is 10.3. The number of primary amides is 1. The fraction of sp³-hybridized carbons (Fsp3) is 0.545. The van der Waals surface area contributed by atoms with Crippen LogP contribution < -0.4 is 16.4 Å². The lowest BCUT2D eigenvalue weighted by Gasteiger charge is -2.21. The first kappa shape index (κ1) is 15.8. The topological polar surface area (TPSA) is 122 Å². The molecule has 0 aliphatic heterocycles. The van der Waals surface area contributed by atoms with Gasteiger partial charge in [-0.3, -0.25) is 4.79 Å². The van der Waals surface area contributed by atoms with Gasteiger partial charge in [0, 0.05) is 13.0 Å². The fourth-order valence-electron chi connectivity index (χ4n) is 0.916. The quantitative estimate of drug-likeness (QED) is 0.467. The fourth-order valence-corrected chi connectivity index (χ4v) is 0.916. The molecule has 0 bridgehead atoms. The van der Waals surface area contributed by atoms with Gasteiger partial charge in [0.2, 0.25) is 5.91 Å². The van der Waals surface area contributed by atoms with E-state index in [1.165, 1.54) is 0 Å². The van der Waals surface area contributed by atoms with Crippen LogP contribution in [-0.4, -0.2) is 35.6 Å². The highest BCUT2D eigenvalue weighted by Gasteiger charge is 2.26. The Balaban J connectivity index is 4.31. The summed E-state index contributed by atoms with van der Waals surface area (Å²) in [6, 6.07) is -1.88. The first-order chi connectivity index (χ1) is 8.20. The zero-order chi connectivity index (χ0) is 14.3. The van der Waals surface area contributed by atoms with E-state index in [2.05, 4.69) is 16.6 Å². The molecule has 0 aromatic rings. The minimum absolute atomic E-state index is 0.00341. The molecule has 0 saturated carbocycles. The van der Waals surface area contributed by atoms with Gasteiger partial charge in [0.25, 0.3) is 0 Å². The Bertz CT molecular complexity index is 384. The van der Waals surface area contributed by atoms with E-state index in [1.54, 1.807) is 13.8 Å². The van der Waals surface area contributed by atoms with Crippen LogP contribution in [-0.2, 0) is 9.59 Å². The number of nitrogens with one attached hydrogen (secondary N) is 2. The van der Waals surface area contributed by atoms with Crippen molar-refractivity contribution in [1.82, 2.24) is 10.6 Å². The number of rotatable bonds is 6. The predicted octanol–water partition coefficient (Wildman–Crippen LogP) is -0.726. The van der Waals surface area contributed by atoms with E-state index in [0.29, 0.717) is 0 Å². The smallest absolute Gasteiger partial charge is 0.327 e. The lowest BCUT2D eigenvalue weighted by molar-refractivity contribution is -0.139. The van der Waals surface area contributed by atoms with Crippen LogP contribution >= 0.6 is 0 Å². The Hall–Kier alpha value is -2.23. The van der Waals surface area contributed by atoms with Gasteiger partial charge >= 0.3 is 12.0 Å². The minimum atomic E-state index is -1.22. The number of aliphatic carboxylic acids is 1. The average Bonchev–Trinajstić information content (AvgIpc) is 2.25. The highest BCUT2D eigenvalue weighted by atomic mass is 16.4. The molecule has 7 heteroatoms. The number of nitrogens with two attached hydrogens (primary N) is 1. The molecule has 0 aliphatic carbocycles. The third kappa shape index (κ3) is 5.21. The molecule has 5 N–H and O–H groups in total. The van der Waals surface area contributed by atoms with Crippen LogP contribution in [0.3, 0.4) is 0 Å². The predicted molar refractivity (Wildman–Crippen MR) is 64.4 cm³/mol. The van der Waals surface area contributed by atoms with Gasteiger partial charge in [-0.05, 0) is 13.8 Å². The molecule has 0 aromatic heterocycles. The van der Waals surface area contributed by atoms with Gasteiger partial charge in [-0.25, -0.2) is 9.59 Å². The number of carbonyl (C=O) groups excluding carboxylic acids is 2. The SMILES string of the molecule is C#CCC(NC(=O)NCC(C)(C)C(N)=O)C(=O)O. The Morgan fingerprint density at radius 2 is 2.00 bits per heavy atom. The second kappa shape index (κ2) is 6.49. The number of hydrogen-bond acceptors (Lipinski definition) is 3. The van der Waals surface area contributed by atoms with Crippen LogP contribution in [0.5, 0.6) is 0 Å². The Labute approximate surface area is 105 Å². The minimum Gasteiger partial charge on any atom is -0.480 e. The van der Waals surface area contributed by atoms with Crippen molar-refractivity contribution >= 4 is 17.9 Å². The van der Waals surface area contributed by atoms with Crippen molar-refractivity contribution in [1.29, 1.82) is 0 Å². The summed E-state index contributed by atoms with van der Waals surface area (Å²) in [6.45, 7) is 3.12. The van der Waals surface area contributed by atoms with Gasteiger partial charge in [-0.1, -0.05) is 0 Å². The molecule has 0 aliphatic rings. The summed E-state index contributed by atoms with van der Waals surface area (Å²) in [5, 5.41) is 13.3. The molecule has 0 aromatic carbocycles. The molecule has 0 spiro atoms. The number of carboxylic acid groups (broad SMARTS) is 1. The summed E-state index contributed by atoms with van der Waals surface area (Å²) in [6.07, 6.45) is 4.86. The maximum Gasteiger partial charge on any atom is 0.327 e. The second-order valence-corrected chi connectivity index (χ2v) is 4.37. The summed E-state index contributed by atoms with van der Waals surface area (Å²) < 4.78 is 0. The number of carbonyl (C=O) groups is 3. The highest BCUT2D eigenvalue weighted by molar-refractivity contribution is 5.84. The molecule has 100 valence electrons. The van der Waals surface area contributed by atoms with Crippen LogP contribution in [0.1, 0.15) is 20.3 Å². The maximum atomic E-state index is 11.4. The summed E-state index contributed by atoms with van der Waals surface area (Å²) in [4.78, 5) is 33.1. The van der Waals surface area contributed by atoms with Crippen molar-refractivity contribution in [3.05, 3.63) is 0 Å². The van der Waals surface area contributed by atoms with E-state index in [9.17, 15) is 14.4 Å². The van der Waals surface area contributed by atoms with Gasteiger partial charge in [-0.15, -0.1) is 12.3 Å². The number of urea groups is 1. The lowest BCUT2D eigenvalue weighted by Crippen LogP contribution is -2.49. The van der Waals surface area contributed by atoms with E-state index < -0.39 is 29.4 Å². The van der Waals surface area contributed by atoms with E-state index in [0.717, 1.165) is 0 Å². The molecule has 18 heavy (non-hydrogen) atoms. The van der Waals surface area contributed by atoms with E-state index in [4.69, 9.17) is 17.3 Å². The Morgan fingerprint density at radius 3 is 2.39 bits per heavy atom. The summed E-state index contributed by atoms with van der Waals surface area (Å²) >= 11 is 0. The first-order valence-corrected chi connectivity index (χ1v) is 5.21. The molecule has 7 nitrogen and oxygen atoms in total. The third-order valence-corrected chi connectivity index (χ3v) is 2.28. The van der Waals surface area contributed by atoms with Crippen molar-refractivity contribution in [2.75, 3.05) is 6.54 Å². The van der Waals surface area contributed by atoms with E-state index in [-0.39, 0.29) is 13.0 Å². The molecular weight excluding hydrogens is 238 g/mol. The molecule has 0 fully saturated rings. The van der Waals surface area contributed by atoms with Crippen molar-refractivity contribution in [3.8, 4) is 12.3 Å². The van der Waals surface area contributed by atoms with Gasteiger partial charge < -0.3 is 21.5 Å². The number of amides is 3. The monoisotopic (exact) mass is 255 g/mol. The van der Waals surface area contributed by atoms with E-state index in [1.807, 2.05) is 0 Å². The lowest BCUT2D eigenvalue weighted by atomic mass is 9.93. The van der Waals surface area contributed by atoms with Gasteiger partial charge in [0.1, 0.15) is 6.04 Å². The highest BCUT2D eigenvalue weighted by Crippen LogP contribution is 2.11. The van der Waals surface area contributed by atoms with Crippen LogP contribution in [0.2, 0.25) is 0 Å². The van der Waals surface area contributed by atoms with Crippen LogP contribution in [0.25, 0.3) is 0 Å². The standard InChI is InChI=1S/C11H17N3O4/c1-4-5-7(8(15)16)14-10(18)13-6-11(2,3)9(12)17/h1,7H,5-6H2,2-3H3,(H2,12,17)(H,15,16)(H2,13,14,18). The molecule has 0 rings (SSSR count). The largest absolute Gasteiger partial charge is 0.480 e. The van der Waals surface area contributed by atoms with Crippen molar-refractivity contribution < 1.29 is 19.5 Å². The summed E-state index contributed by atoms with van der Waals surface area (Å²) in [5.41, 5.74) is 4.21. The number of terminal acetylenes is 1. The molecule has 0 radical (unpaired) electrons. The molecule has 0 saturated heterocycles. The number of hydrogen-bond donors (Lipinski definition) is 4. The Morgan fingerprint density at radius 1 is 1.44 bits per heavy atom. The molecule has 1 atom stereocenters. The number of carboxylic acids is 1. The molecule has 0 heterocycles. The van der Waals surface area contributed by atoms with E-state index >= 15 is 0 Å². The maximum absolute atomic E-state index is 11.4. The third-order valence-electron chi connectivity index (χ3n) is 2.28. The van der Waals surface area contributed by atoms with Gasteiger partial charge in [-0.2, -0.15) is 0 Å². The summed E-state index contributed by atoms with van der Waals surface area (Å²) in [5.74, 6) is 0.355. The average molecular weight is 255 g/mol. The second-order valence-electron chi connectivity index (χ2n) is 4.37. The normalized spacial score (nSPS) is 12.1. The zero-order valence-electron chi connectivity index (χ0n) is 10.3. The first-order valence-electron chi connectivity index (χ1n) is 5.21. The molecular formula is C11H17N3O4. The van der Waals surface area contributed by atoms with Crippen LogP contribution in [0, 0.1) is 17.8 Å². The van der Waals surface area contributed by atoms with Crippen LogP contribution in [0.4, 0.5) is 4.79 Å². The van der Waals surface area contributed by atoms with Gasteiger partial charge in [0.15, 0.2) is 0 Å². The molecule has 3 amide bonds. The van der Waals surface area contributed by atoms with Gasteiger partial charge in [0.05, 0.1) is 5.41 Å². The van der Waals surface area contributed by atoms with Crippen molar-refractivity contribution in [2.45, 2.75) is 26.3 Å². The van der Waals surface area contributed by atoms with Crippen molar-refractivity contribution in [2.24, 2.45) is 11.1 Å². The van der Waals surface area contributed by atoms with Crippen LogP contribution in [0.15, 0.2) is 0 Å². The Kier molecular flexibility index (Phi) is 5.69. The van der Waals surface area contributed by atoms with Crippen molar-refractivity contribution in [3.63, 3.8) is 0 Å². The molecule has 1 unspecified atom stereocenters.